The van der Waals surface area contributed by atoms with Gasteiger partial charge in [-0.25, -0.2) is 0 Å². The SMILES string of the molecule is CNC(NC)[C@H](O)C1OC2OCCC(NC)C2(O)OC1CCO. The maximum atomic E-state index is 10.9. The van der Waals surface area contributed by atoms with Gasteiger partial charge in [0.25, 0.3) is 0 Å². The van der Waals surface area contributed by atoms with Gasteiger partial charge in [0.2, 0.25) is 12.1 Å². The first-order valence-corrected chi connectivity index (χ1v) is 7.99. The van der Waals surface area contributed by atoms with Gasteiger partial charge in [-0.05, 0) is 34.0 Å². The van der Waals surface area contributed by atoms with Gasteiger partial charge in [-0.3, -0.25) is 0 Å². The molecule has 0 aromatic carbocycles. The molecule has 0 aromatic heterocycles. The van der Waals surface area contributed by atoms with Crippen LogP contribution in [0.4, 0.5) is 0 Å². The molecule has 0 amide bonds. The molecule has 2 rings (SSSR count). The Morgan fingerprint density at radius 2 is 1.96 bits per heavy atom. The smallest absolute Gasteiger partial charge is 0.234 e. The molecule has 6 atom stereocenters. The van der Waals surface area contributed by atoms with Crippen LogP contribution in [0, 0.1) is 0 Å². The summed E-state index contributed by atoms with van der Waals surface area (Å²) in [5.41, 5.74) is 0. The van der Waals surface area contributed by atoms with Crippen LogP contribution in [0.15, 0.2) is 0 Å². The standard InChI is InChI=1S/C14H29N3O6/c1-15-9-5-7-21-13-14(9,20)23-8(4-6-18)11(22-13)10(19)12(16-2)17-3/h8-13,15-20H,4-7H2,1-3H3/t8?,9?,10-,11?,13?,14?/m1/s1. The maximum Gasteiger partial charge on any atom is 0.234 e. The fraction of sp³-hybridized carbons (Fsp3) is 1.00. The molecule has 0 aromatic rings. The third-order valence-corrected chi connectivity index (χ3v) is 4.56. The Morgan fingerprint density at radius 3 is 2.52 bits per heavy atom. The van der Waals surface area contributed by atoms with Crippen LogP contribution in [0.2, 0.25) is 0 Å². The first kappa shape index (κ1) is 19.0. The summed E-state index contributed by atoms with van der Waals surface area (Å²) >= 11 is 0. The predicted molar refractivity (Wildman–Crippen MR) is 81.5 cm³/mol. The molecule has 23 heavy (non-hydrogen) atoms. The van der Waals surface area contributed by atoms with Crippen molar-refractivity contribution in [3.8, 4) is 0 Å². The van der Waals surface area contributed by atoms with E-state index in [0.717, 1.165) is 0 Å². The van der Waals surface area contributed by atoms with Crippen LogP contribution in [0.5, 0.6) is 0 Å². The number of fused-ring (bicyclic) bond motifs is 1. The summed E-state index contributed by atoms with van der Waals surface area (Å²) in [4.78, 5) is 0. The van der Waals surface area contributed by atoms with Gasteiger partial charge >= 0.3 is 0 Å². The monoisotopic (exact) mass is 335 g/mol. The summed E-state index contributed by atoms with van der Waals surface area (Å²) in [6.07, 6.45) is -3.01. The van der Waals surface area contributed by atoms with Crippen LogP contribution < -0.4 is 16.0 Å². The van der Waals surface area contributed by atoms with Crippen molar-refractivity contribution >= 4 is 0 Å². The summed E-state index contributed by atoms with van der Waals surface area (Å²) in [5, 5.41) is 39.6. The van der Waals surface area contributed by atoms with Crippen molar-refractivity contribution in [2.75, 3.05) is 34.4 Å². The number of likely N-dealkylation sites (N-methyl/N-ethyl adjacent to an activating group) is 3. The maximum absolute atomic E-state index is 10.9. The number of hydrogen-bond acceptors (Lipinski definition) is 9. The Morgan fingerprint density at radius 1 is 1.26 bits per heavy atom. The van der Waals surface area contributed by atoms with Gasteiger partial charge in [0.1, 0.15) is 12.2 Å². The van der Waals surface area contributed by atoms with Gasteiger partial charge in [0, 0.05) is 6.61 Å². The lowest BCUT2D eigenvalue weighted by Gasteiger charge is -2.52. The van der Waals surface area contributed by atoms with Gasteiger partial charge in [0.15, 0.2) is 0 Å². The molecule has 0 spiro atoms. The van der Waals surface area contributed by atoms with Gasteiger partial charge in [-0.15, -0.1) is 0 Å². The number of ether oxygens (including phenoxy) is 3. The van der Waals surface area contributed by atoms with Crippen molar-refractivity contribution in [2.45, 2.75) is 55.4 Å². The summed E-state index contributed by atoms with van der Waals surface area (Å²) in [6, 6.07) is -0.357. The molecule has 2 aliphatic rings. The van der Waals surface area contributed by atoms with E-state index in [9.17, 15) is 15.3 Å². The molecule has 0 saturated carbocycles. The van der Waals surface area contributed by atoms with E-state index in [1.165, 1.54) is 0 Å². The van der Waals surface area contributed by atoms with Crippen molar-refractivity contribution in [3.63, 3.8) is 0 Å². The highest BCUT2D eigenvalue weighted by Crippen LogP contribution is 2.37. The lowest BCUT2D eigenvalue weighted by molar-refractivity contribution is -0.434. The lowest BCUT2D eigenvalue weighted by Crippen LogP contribution is -2.71. The molecule has 9 nitrogen and oxygen atoms in total. The molecule has 0 radical (unpaired) electrons. The number of hydrogen-bond donors (Lipinski definition) is 6. The Labute approximate surface area is 136 Å². The number of rotatable bonds is 7. The second-order valence-corrected chi connectivity index (χ2v) is 5.90. The second-order valence-electron chi connectivity index (χ2n) is 5.90. The summed E-state index contributed by atoms with van der Waals surface area (Å²) in [5.74, 6) is -1.65. The first-order valence-electron chi connectivity index (χ1n) is 7.99. The van der Waals surface area contributed by atoms with Crippen molar-refractivity contribution < 1.29 is 29.5 Å². The topological polar surface area (TPSA) is 124 Å². The van der Waals surface area contributed by atoms with Gasteiger partial charge in [-0.2, -0.15) is 0 Å². The first-order chi connectivity index (χ1) is 11.0. The third-order valence-electron chi connectivity index (χ3n) is 4.56. The van der Waals surface area contributed by atoms with E-state index in [1.54, 1.807) is 21.1 Å². The van der Waals surface area contributed by atoms with Gasteiger partial charge < -0.3 is 45.5 Å². The Kier molecular flexibility index (Phi) is 6.72. The highest BCUT2D eigenvalue weighted by molar-refractivity contribution is 4.98. The molecular weight excluding hydrogens is 306 g/mol. The molecule has 2 fully saturated rings. The minimum atomic E-state index is -1.65. The molecular formula is C14H29N3O6. The largest absolute Gasteiger partial charge is 0.396 e. The zero-order valence-corrected chi connectivity index (χ0v) is 13.9. The fourth-order valence-electron chi connectivity index (χ4n) is 3.28. The van der Waals surface area contributed by atoms with Crippen molar-refractivity contribution in [3.05, 3.63) is 0 Å². The molecule has 9 heteroatoms. The number of aliphatic hydroxyl groups excluding tert-OH is 2. The van der Waals surface area contributed by atoms with Crippen molar-refractivity contribution in [1.29, 1.82) is 0 Å². The number of aliphatic hydroxyl groups is 3. The van der Waals surface area contributed by atoms with Crippen molar-refractivity contribution in [1.82, 2.24) is 16.0 Å². The van der Waals surface area contributed by atoms with E-state index in [4.69, 9.17) is 14.2 Å². The van der Waals surface area contributed by atoms with E-state index < -0.39 is 36.6 Å². The average molecular weight is 335 g/mol. The molecule has 2 saturated heterocycles. The Bertz CT molecular complexity index is 372. The highest BCUT2D eigenvalue weighted by atomic mass is 16.8. The zero-order chi connectivity index (χ0) is 17.0. The second kappa shape index (κ2) is 8.15. The van der Waals surface area contributed by atoms with E-state index in [1.807, 2.05) is 0 Å². The Hall–Kier alpha value is -0.360. The van der Waals surface area contributed by atoms with Crippen LogP contribution >= 0.6 is 0 Å². The number of nitrogens with one attached hydrogen (secondary N) is 3. The van der Waals surface area contributed by atoms with Crippen LogP contribution in [-0.4, -0.2) is 92.3 Å². The van der Waals surface area contributed by atoms with E-state index in [-0.39, 0.29) is 19.1 Å². The lowest BCUT2D eigenvalue weighted by atomic mass is 9.95. The average Bonchev–Trinajstić information content (AvgIpc) is 2.54. The minimum Gasteiger partial charge on any atom is -0.396 e. The van der Waals surface area contributed by atoms with Gasteiger partial charge in [-0.1, -0.05) is 0 Å². The van der Waals surface area contributed by atoms with Crippen LogP contribution in [0.3, 0.4) is 0 Å². The Balaban J connectivity index is 2.21. The molecule has 0 aliphatic carbocycles. The summed E-state index contributed by atoms with van der Waals surface area (Å²) in [6.45, 7) is 0.268. The molecule has 5 unspecified atom stereocenters. The van der Waals surface area contributed by atoms with Gasteiger partial charge in [0.05, 0.1) is 24.9 Å². The molecule has 136 valence electrons. The molecule has 2 heterocycles. The van der Waals surface area contributed by atoms with Crippen LogP contribution in [0.1, 0.15) is 12.8 Å². The summed E-state index contributed by atoms with van der Waals surface area (Å²) < 4.78 is 17.2. The molecule has 2 aliphatic heterocycles. The fourth-order valence-corrected chi connectivity index (χ4v) is 3.28. The predicted octanol–water partition coefficient (Wildman–Crippen LogP) is -2.70. The van der Waals surface area contributed by atoms with E-state index >= 15 is 0 Å². The van der Waals surface area contributed by atoms with E-state index in [0.29, 0.717) is 13.0 Å². The van der Waals surface area contributed by atoms with Crippen LogP contribution in [0.25, 0.3) is 0 Å². The minimum absolute atomic E-state index is 0.146. The molecule has 6 N–H and O–H groups in total. The van der Waals surface area contributed by atoms with E-state index in [2.05, 4.69) is 16.0 Å². The normalized spacial score (nSPS) is 39.3. The summed E-state index contributed by atoms with van der Waals surface area (Å²) in [7, 11) is 5.15. The van der Waals surface area contributed by atoms with Crippen LogP contribution in [-0.2, 0) is 14.2 Å². The third kappa shape index (κ3) is 3.68. The van der Waals surface area contributed by atoms with Crippen molar-refractivity contribution in [2.24, 2.45) is 0 Å². The highest BCUT2D eigenvalue weighted by Gasteiger charge is 2.57. The quantitative estimate of drug-likeness (QED) is 0.276. The zero-order valence-electron chi connectivity index (χ0n) is 13.9. The molecule has 0 bridgehead atoms.